The van der Waals surface area contributed by atoms with Gasteiger partial charge in [0, 0.05) is 11.8 Å². The lowest BCUT2D eigenvalue weighted by atomic mass is 10.2. The Balaban J connectivity index is 1.61. The zero-order chi connectivity index (χ0) is 13.1. The Hall–Kier alpha value is -2.36. The van der Waals surface area contributed by atoms with E-state index in [2.05, 4.69) is 0 Å². The smallest absolute Gasteiger partial charge is 0.166 e. The second-order valence-corrected chi connectivity index (χ2v) is 4.38. The topological polar surface area (TPSA) is 53.7 Å². The van der Waals surface area contributed by atoms with Gasteiger partial charge < -0.3 is 19.9 Å². The molecule has 3 rings (SSSR count). The van der Waals surface area contributed by atoms with Crippen molar-refractivity contribution in [1.82, 2.24) is 0 Å². The molecule has 0 aromatic heterocycles. The molecule has 1 aliphatic heterocycles. The fourth-order valence-corrected chi connectivity index (χ4v) is 1.94. The van der Waals surface area contributed by atoms with Gasteiger partial charge in [-0.3, -0.25) is 0 Å². The molecule has 98 valence electrons. The summed E-state index contributed by atoms with van der Waals surface area (Å²) in [5.74, 6) is 2.28. The summed E-state index contributed by atoms with van der Waals surface area (Å²) in [5.41, 5.74) is 6.38. The number of fused-ring (bicyclic) bond motifs is 1. The molecule has 1 unspecified atom stereocenters. The highest BCUT2D eigenvalue weighted by Crippen LogP contribution is 2.31. The lowest BCUT2D eigenvalue weighted by Gasteiger charge is -2.26. The van der Waals surface area contributed by atoms with Gasteiger partial charge in [-0.15, -0.1) is 0 Å². The Labute approximate surface area is 111 Å². The van der Waals surface area contributed by atoms with E-state index in [4.69, 9.17) is 19.9 Å². The molecule has 0 aliphatic carbocycles. The van der Waals surface area contributed by atoms with Crippen LogP contribution < -0.4 is 19.9 Å². The molecular weight excluding hydrogens is 242 g/mol. The summed E-state index contributed by atoms with van der Waals surface area (Å²) in [5, 5.41) is 0. The van der Waals surface area contributed by atoms with Crippen LogP contribution in [-0.4, -0.2) is 19.3 Å². The summed E-state index contributed by atoms with van der Waals surface area (Å²) in [4.78, 5) is 0. The minimum absolute atomic E-state index is 0.115. The number of benzene rings is 2. The first-order chi connectivity index (χ1) is 9.31. The van der Waals surface area contributed by atoms with Gasteiger partial charge in [-0.1, -0.05) is 18.2 Å². The summed E-state index contributed by atoms with van der Waals surface area (Å²) in [6.07, 6.45) is -0.115. The third kappa shape index (κ3) is 2.73. The Morgan fingerprint density at radius 1 is 1.11 bits per heavy atom. The molecule has 0 radical (unpaired) electrons. The van der Waals surface area contributed by atoms with Crippen molar-refractivity contribution in [3.8, 4) is 17.2 Å². The molecule has 1 heterocycles. The number of nitrogen functional groups attached to an aromatic ring is 1. The number of ether oxygens (including phenoxy) is 3. The van der Waals surface area contributed by atoms with Gasteiger partial charge in [-0.2, -0.15) is 0 Å². The summed E-state index contributed by atoms with van der Waals surface area (Å²) in [6, 6.07) is 15.0. The molecule has 2 aromatic rings. The summed E-state index contributed by atoms with van der Waals surface area (Å²) in [6.45, 7) is 0.914. The van der Waals surface area contributed by atoms with Crippen LogP contribution in [0.2, 0.25) is 0 Å². The minimum atomic E-state index is -0.115. The average Bonchev–Trinajstić information content (AvgIpc) is 2.45. The Bertz CT molecular complexity index is 571. The van der Waals surface area contributed by atoms with Crippen molar-refractivity contribution in [2.75, 3.05) is 18.9 Å². The van der Waals surface area contributed by atoms with Crippen LogP contribution in [0.1, 0.15) is 0 Å². The van der Waals surface area contributed by atoms with E-state index in [0.717, 1.165) is 17.2 Å². The molecular formula is C15H15NO3. The monoisotopic (exact) mass is 257 g/mol. The van der Waals surface area contributed by atoms with Gasteiger partial charge >= 0.3 is 0 Å². The molecule has 0 amide bonds. The lowest BCUT2D eigenvalue weighted by molar-refractivity contribution is 0.0536. The largest absolute Gasteiger partial charge is 0.490 e. The molecule has 1 aliphatic rings. The highest BCUT2D eigenvalue weighted by atomic mass is 16.6. The summed E-state index contributed by atoms with van der Waals surface area (Å²) >= 11 is 0. The van der Waals surface area contributed by atoms with Gasteiger partial charge in [0.15, 0.2) is 17.6 Å². The second kappa shape index (κ2) is 5.10. The number of para-hydroxylation sites is 2. The average molecular weight is 257 g/mol. The second-order valence-electron chi connectivity index (χ2n) is 4.38. The van der Waals surface area contributed by atoms with Crippen molar-refractivity contribution in [1.29, 1.82) is 0 Å². The van der Waals surface area contributed by atoms with Gasteiger partial charge in [0.25, 0.3) is 0 Å². The normalized spacial score (nSPS) is 16.9. The maximum atomic E-state index is 5.80. The number of hydrogen-bond acceptors (Lipinski definition) is 4. The zero-order valence-electron chi connectivity index (χ0n) is 10.4. The molecule has 2 aromatic carbocycles. The van der Waals surface area contributed by atoms with Crippen LogP contribution in [0.15, 0.2) is 48.5 Å². The first-order valence-electron chi connectivity index (χ1n) is 6.18. The third-order valence-corrected chi connectivity index (χ3v) is 2.86. The number of rotatable bonds is 3. The fourth-order valence-electron chi connectivity index (χ4n) is 1.94. The van der Waals surface area contributed by atoms with E-state index in [-0.39, 0.29) is 6.10 Å². The standard InChI is InChI=1S/C15H15NO3/c16-11-4-3-5-12(8-11)17-9-13-10-18-14-6-1-2-7-15(14)19-13/h1-8,13H,9-10,16H2. The van der Waals surface area contributed by atoms with E-state index < -0.39 is 0 Å². The molecule has 0 fully saturated rings. The summed E-state index contributed by atoms with van der Waals surface area (Å²) < 4.78 is 17.1. The van der Waals surface area contributed by atoms with E-state index in [1.165, 1.54) is 0 Å². The number of hydrogen-bond donors (Lipinski definition) is 1. The molecule has 0 bridgehead atoms. The van der Waals surface area contributed by atoms with Crippen LogP contribution >= 0.6 is 0 Å². The predicted octanol–water partition coefficient (Wildman–Crippen LogP) is 2.49. The molecule has 1 atom stereocenters. The minimum Gasteiger partial charge on any atom is -0.490 e. The van der Waals surface area contributed by atoms with E-state index in [1.807, 2.05) is 42.5 Å². The van der Waals surface area contributed by atoms with Crippen LogP contribution in [0.4, 0.5) is 5.69 Å². The van der Waals surface area contributed by atoms with Gasteiger partial charge in [-0.25, -0.2) is 0 Å². The van der Waals surface area contributed by atoms with Crippen molar-refractivity contribution >= 4 is 5.69 Å². The van der Waals surface area contributed by atoms with Gasteiger partial charge in [0.1, 0.15) is 19.0 Å². The maximum absolute atomic E-state index is 5.80. The molecule has 0 saturated carbocycles. The SMILES string of the molecule is Nc1cccc(OCC2COc3ccccc3O2)c1. The van der Waals surface area contributed by atoms with Crippen LogP contribution in [0.5, 0.6) is 17.2 Å². The summed E-state index contributed by atoms with van der Waals surface area (Å²) in [7, 11) is 0. The highest BCUT2D eigenvalue weighted by Gasteiger charge is 2.21. The van der Waals surface area contributed by atoms with Crippen LogP contribution in [0.3, 0.4) is 0 Å². The quantitative estimate of drug-likeness (QED) is 0.858. The Morgan fingerprint density at radius 2 is 1.95 bits per heavy atom. The molecule has 0 spiro atoms. The zero-order valence-corrected chi connectivity index (χ0v) is 10.4. The van der Waals surface area contributed by atoms with E-state index in [0.29, 0.717) is 18.9 Å². The van der Waals surface area contributed by atoms with Crippen LogP contribution in [0, 0.1) is 0 Å². The predicted molar refractivity (Wildman–Crippen MR) is 72.7 cm³/mol. The van der Waals surface area contributed by atoms with Crippen LogP contribution in [-0.2, 0) is 0 Å². The van der Waals surface area contributed by atoms with Gasteiger partial charge in [0.05, 0.1) is 0 Å². The van der Waals surface area contributed by atoms with E-state index in [1.54, 1.807) is 6.07 Å². The van der Waals surface area contributed by atoms with Crippen molar-refractivity contribution in [2.45, 2.75) is 6.10 Å². The van der Waals surface area contributed by atoms with Crippen molar-refractivity contribution in [3.63, 3.8) is 0 Å². The first-order valence-corrected chi connectivity index (χ1v) is 6.18. The number of anilines is 1. The van der Waals surface area contributed by atoms with Crippen molar-refractivity contribution in [3.05, 3.63) is 48.5 Å². The van der Waals surface area contributed by atoms with Crippen molar-refractivity contribution in [2.24, 2.45) is 0 Å². The molecule has 0 saturated heterocycles. The van der Waals surface area contributed by atoms with E-state index in [9.17, 15) is 0 Å². The molecule has 19 heavy (non-hydrogen) atoms. The van der Waals surface area contributed by atoms with Gasteiger partial charge in [-0.05, 0) is 24.3 Å². The molecule has 4 heteroatoms. The van der Waals surface area contributed by atoms with E-state index >= 15 is 0 Å². The molecule has 4 nitrogen and oxygen atoms in total. The fraction of sp³-hybridized carbons (Fsp3) is 0.200. The Kier molecular flexibility index (Phi) is 3.14. The van der Waals surface area contributed by atoms with Gasteiger partial charge in [0.2, 0.25) is 0 Å². The third-order valence-electron chi connectivity index (χ3n) is 2.86. The number of nitrogens with two attached hydrogens (primary N) is 1. The highest BCUT2D eigenvalue weighted by molar-refractivity contribution is 5.43. The Morgan fingerprint density at radius 3 is 2.79 bits per heavy atom. The molecule has 2 N–H and O–H groups in total. The lowest BCUT2D eigenvalue weighted by Crippen LogP contribution is -2.34. The maximum Gasteiger partial charge on any atom is 0.166 e. The van der Waals surface area contributed by atoms with Crippen LogP contribution in [0.25, 0.3) is 0 Å². The van der Waals surface area contributed by atoms with Crippen molar-refractivity contribution < 1.29 is 14.2 Å². The first kappa shape index (κ1) is 11.7.